The molecule has 0 saturated carbocycles. The highest BCUT2D eigenvalue weighted by Gasteiger charge is 2.29. The van der Waals surface area contributed by atoms with Gasteiger partial charge in [0, 0.05) is 18.2 Å². The smallest absolute Gasteiger partial charge is 0.270 e. The number of nitrogens with one attached hydrogen (secondary N) is 3. The molecule has 1 unspecified atom stereocenters. The summed E-state index contributed by atoms with van der Waals surface area (Å²) in [6.45, 7) is 5.30. The van der Waals surface area contributed by atoms with Crippen LogP contribution in [0.1, 0.15) is 79.9 Å². The lowest BCUT2D eigenvalue weighted by Crippen LogP contribution is -2.34. The second-order valence-corrected chi connectivity index (χ2v) is 10.2. The van der Waals surface area contributed by atoms with Crippen molar-refractivity contribution >= 4 is 35.0 Å². The summed E-state index contributed by atoms with van der Waals surface area (Å²) in [5, 5.41) is 12.8. The number of carbonyl (C=O) groups is 4. The van der Waals surface area contributed by atoms with Crippen LogP contribution in [0.5, 0.6) is 5.75 Å². The number of Topliss-reactive ketones (excluding diaryl/α,β-unsaturated/α-hetero) is 1. The normalized spacial score (nSPS) is 17.3. The number of hydrogen-bond donors (Lipinski definition) is 3. The lowest BCUT2D eigenvalue weighted by molar-refractivity contribution is -0.122. The fourth-order valence-corrected chi connectivity index (χ4v) is 5.37. The fourth-order valence-electron chi connectivity index (χ4n) is 5.37. The summed E-state index contributed by atoms with van der Waals surface area (Å²) < 4.78 is 6.87. The molecule has 41 heavy (non-hydrogen) atoms. The molecular weight excluding hydrogens is 526 g/mol. The predicted octanol–water partition coefficient (Wildman–Crippen LogP) is 2.70. The third-order valence-electron chi connectivity index (χ3n) is 7.52. The SMILES string of the molecule is CC(=O)c1ccc2c(c1C)CC[C@@H]2NC(=O)c1cc(C(=O)NCc2ccc3c(c2)NC(=O)C(C)O3)nc2ncnn12. The summed E-state index contributed by atoms with van der Waals surface area (Å²) >= 11 is 0. The molecule has 3 amide bonds. The van der Waals surface area contributed by atoms with Crippen molar-refractivity contribution < 1.29 is 23.9 Å². The Labute approximate surface area is 234 Å². The van der Waals surface area contributed by atoms with Crippen LogP contribution >= 0.6 is 0 Å². The Hall–Kier alpha value is -5.13. The second kappa shape index (κ2) is 10.1. The highest BCUT2D eigenvalue weighted by atomic mass is 16.5. The van der Waals surface area contributed by atoms with Gasteiger partial charge in [0.05, 0.1) is 11.7 Å². The number of nitrogens with zero attached hydrogens (tertiary/aromatic N) is 4. The Balaban J connectivity index is 1.20. The zero-order valence-corrected chi connectivity index (χ0v) is 22.6. The number of rotatable bonds is 6. The van der Waals surface area contributed by atoms with Crippen molar-refractivity contribution in [2.45, 2.75) is 52.3 Å². The van der Waals surface area contributed by atoms with Crippen LogP contribution in [0.4, 0.5) is 5.69 Å². The maximum Gasteiger partial charge on any atom is 0.270 e. The van der Waals surface area contributed by atoms with E-state index in [2.05, 4.69) is 31.0 Å². The topological polar surface area (TPSA) is 157 Å². The summed E-state index contributed by atoms with van der Waals surface area (Å²) in [6.07, 6.45) is 2.12. The summed E-state index contributed by atoms with van der Waals surface area (Å²) in [4.78, 5) is 58.8. The van der Waals surface area contributed by atoms with Gasteiger partial charge in [-0.15, -0.1) is 0 Å². The molecule has 3 N–H and O–H groups in total. The van der Waals surface area contributed by atoms with Crippen molar-refractivity contribution in [2.75, 3.05) is 5.32 Å². The van der Waals surface area contributed by atoms with Crippen LogP contribution in [0.25, 0.3) is 5.78 Å². The fraction of sp³-hybridized carbons (Fsp3) is 0.276. The monoisotopic (exact) mass is 553 g/mol. The number of fused-ring (bicyclic) bond motifs is 3. The minimum atomic E-state index is -0.579. The quantitative estimate of drug-likeness (QED) is 0.308. The largest absolute Gasteiger partial charge is 0.479 e. The molecule has 3 heterocycles. The van der Waals surface area contributed by atoms with Crippen LogP contribution in [-0.4, -0.2) is 49.2 Å². The molecule has 2 atom stereocenters. The van der Waals surface area contributed by atoms with Gasteiger partial charge in [0.15, 0.2) is 11.9 Å². The molecule has 12 nitrogen and oxygen atoms in total. The second-order valence-electron chi connectivity index (χ2n) is 10.2. The van der Waals surface area contributed by atoms with Crippen LogP contribution in [0.15, 0.2) is 42.7 Å². The summed E-state index contributed by atoms with van der Waals surface area (Å²) in [6, 6.07) is 10.1. The first-order chi connectivity index (χ1) is 19.7. The molecule has 0 radical (unpaired) electrons. The van der Waals surface area contributed by atoms with Gasteiger partial charge < -0.3 is 20.7 Å². The molecule has 6 rings (SSSR count). The van der Waals surface area contributed by atoms with Crippen molar-refractivity contribution in [3.05, 3.63) is 81.9 Å². The number of ether oxygens (including phenoxy) is 1. The number of amides is 3. The Kier molecular flexibility index (Phi) is 6.45. The average Bonchev–Trinajstić information content (AvgIpc) is 3.59. The Morgan fingerprint density at radius 1 is 1.15 bits per heavy atom. The van der Waals surface area contributed by atoms with E-state index < -0.39 is 17.9 Å². The molecule has 0 saturated heterocycles. The van der Waals surface area contributed by atoms with E-state index in [0.29, 0.717) is 23.4 Å². The van der Waals surface area contributed by atoms with Crippen LogP contribution in [0, 0.1) is 6.92 Å². The number of aromatic nitrogens is 4. The first-order valence-corrected chi connectivity index (χ1v) is 13.2. The van der Waals surface area contributed by atoms with Crippen molar-refractivity contribution in [2.24, 2.45) is 0 Å². The van der Waals surface area contributed by atoms with E-state index in [4.69, 9.17) is 4.74 Å². The van der Waals surface area contributed by atoms with Gasteiger partial charge in [0.25, 0.3) is 23.5 Å². The van der Waals surface area contributed by atoms with Crippen LogP contribution in [-0.2, 0) is 17.8 Å². The van der Waals surface area contributed by atoms with Crippen molar-refractivity contribution in [3.63, 3.8) is 0 Å². The molecule has 1 aliphatic carbocycles. The molecule has 0 bridgehead atoms. The van der Waals surface area contributed by atoms with Crippen LogP contribution < -0.4 is 20.7 Å². The minimum absolute atomic E-state index is 0.00726. The molecule has 12 heteroatoms. The number of benzene rings is 2. The van der Waals surface area contributed by atoms with Crippen molar-refractivity contribution in [3.8, 4) is 5.75 Å². The van der Waals surface area contributed by atoms with E-state index in [-0.39, 0.29) is 41.4 Å². The van der Waals surface area contributed by atoms with Crippen molar-refractivity contribution in [1.82, 2.24) is 30.2 Å². The molecule has 0 spiro atoms. The summed E-state index contributed by atoms with van der Waals surface area (Å²) in [5.74, 6) is -0.499. The van der Waals surface area contributed by atoms with Gasteiger partial charge in [-0.2, -0.15) is 14.6 Å². The number of ketones is 1. The first kappa shape index (κ1) is 26.1. The average molecular weight is 554 g/mol. The molecule has 0 fully saturated rings. The van der Waals surface area contributed by atoms with Gasteiger partial charge >= 0.3 is 0 Å². The highest BCUT2D eigenvalue weighted by molar-refractivity contribution is 5.99. The van der Waals surface area contributed by atoms with Gasteiger partial charge in [-0.05, 0) is 68.0 Å². The molecule has 2 aromatic carbocycles. The third-order valence-corrected chi connectivity index (χ3v) is 7.52. The molecular formula is C29H27N7O5. The lowest BCUT2D eigenvalue weighted by Gasteiger charge is -2.23. The van der Waals surface area contributed by atoms with E-state index in [1.54, 1.807) is 38.1 Å². The van der Waals surface area contributed by atoms with E-state index in [9.17, 15) is 19.2 Å². The summed E-state index contributed by atoms with van der Waals surface area (Å²) in [7, 11) is 0. The Bertz CT molecular complexity index is 1760. The molecule has 4 aromatic rings. The third kappa shape index (κ3) is 4.77. The van der Waals surface area contributed by atoms with Gasteiger partial charge in [0.2, 0.25) is 0 Å². The molecule has 208 valence electrons. The lowest BCUT2D eigenvalue weighted by atomic mass is 9.96. The van der Waals surface area contributed by atoms with Crippen LogP contribution in [0.2, 0.25) is 0 Å². The van der Waals surface area contributed by atoms with Crippen LogP contribution in [0.3, 0.4) is 0 Å². The molecule has 2 aliphatic rings. The highest BCUT2D eigenvalue weighted by Crippen LogP contribution is 2.35. The maximum absolute atomic E-state index is 13.5. The van der Waals surface area contributed by atoms with E-state index in [0.717, 1.165) is 28.7 Å². The summed E-state index contributed by atoms with van der Waals surface area (Å²) in [5.41, 5.74) is 5.07. The van der Waals surface area contributed by atoms with E-state index >= 15 is 0 Å². The Morgan fingerprint density at radius 2 is 1.98 bits per heavy atom. The number of carbonyl (C=O) groups excluding carboxylic acids is 4. The van der Waals surface area contributed by atoms with Gasteiger partial charge in [-0.25, -0.2) is 4.98 Å². The number of hydrogen-bond acceptors (Lipinski definition) is 8. The zero-order valence-electron chi connectivity index (χ0n) is 22.6. The predicted molar refractivity (Wildman–Crippen MR) is 147 cm³/mol. The zero-order chi connectivity index (χ0) is 28.8. The first-order valence-electron chi connectivity index (χ1n) is 13.2. The Morgan fingerprint density at radius 3 is 2.78 bits per heavy atom. The van der Waals surface area contributed by atoms with E-state index in [1.807, 2.05) is 13.0 Å². The number of anilines is 1. The molecule has 2 aromatic heterocycles. The standard InChI is InChI=1S/C29H27N7O5/c1-14-18(15(2)37)5-6-20-19(14)7-8-21(20)33-28(40)24-11-23(35-29-31-13-32-36(24)29)27(39)30-12-17-4-9-25-22(10-17)34-26(38)16(3)41-25/h4-6,9-11,13,16,21H,7-8,12H2,1-3H3,(H,30,39)(H,33,40)(H,34,38)/t16?,21-/m0/s1. The van der Waals surface area contributed by atoms with Gasteiger partial charge in [-0.3, -0.25) is 19.2 Å². The van der Waals surface area contributed by atoms with Crippen molar-refractivity contribution in [1.29, 1.82) is 0 Å². The molecule has 1 aliphatic heterocycles. The van der Waals surface area contributed by atoms with Gasteiger partial charge in [-0.1, -0.05) is 18.2 Å². The van der Waals surface area contributed by atoms with Gasteiger partial charge in [0.1, 0.15) is 23.5 Å². The maximum atomic E-state index is 13.5. The minimum Gasteiger partial charge on any atom is -0.479 e. The van der Waals surface area contributed by atoms with E-state index in [1.165, 1.54) is 16.9 Å².